The third kappa shape index (κ3) is 4.58. The van der Waals surface area contributed by atoms with E-state index in [1.165, 1.54) is 23.1 Å². The Balaban J connectivity index is 1.66. The maximum absolute atomic E-state index is 12.6. The summed E-state index contributed by atoms with van der Waals surface area (Å²) in [5.41, 5.74) is 1.51. The molecule has 3 aromatic rings. The Morgan fingerprint density at radius 1 is 1.44 bits per heavy atom. The first-order valence-electron chi connectivity index (χ1n) is 8.23. The SMILES string of the molecule is C=CCn1c(SCC(=O)NCc2cccc(OC)c2)nc2ccsc2c1=O. The van der Waals surface area contributed by atoms with E-state index in [1.807, 2.05) is 35.7 Å². The lowest BCUT2D eigenvalue weighted by Crippen LogP contribution is -2.26. The summed E-state index contributed by atoms with van der Waals surface area (Å²) in [5.74, 6) is 0.786. The van der Waals surface area contributed by atoms with Gasteiger partial charge < -0.3 is 10.1 Å². The average Bonchev–Trinajstić information content (AvgIpc) is 3.16. The van der Waals surface area contributed by atoms with Gasteiger partial charge in [0.2, 0.25) is 5.91 Å². The smallest absolute Gasteiger partial charge is 0.272 e. The van der Waals surface area contributed by atoms with Crippen LogP contribution in [0.15, 0.2) is 58.3 Å². The molecule has 27 heavy (non-hydrogen) atoms. The number of hydrogen-bond donors (Lipinski definition) is 1. The third-order valence-corrected chi connectivity index (χ3v) is 5.67. The van der Waals surface area contributed by atoms with Crippen LogP contribution in [0, 0.1) is 0 Å². The summed E-state index contributed by atoms with van der Waals surface area (Å²) in [4.78, 5) is 29.3. The number of ether oxygens (including phenoxy) is 1. The first-order chi connectivity index (χ1) is 13.1. The van der Waals surface area contributed by atoms with Crippen LogP contribution in [0.2, 0.25) is 0 Å². The molecule has 0 radical (unpaired) electrons. The summed E-state index contributed by atoms with van der Waals surface area (Å²) < 4.78 is 7.34. The number of thioether (sulfide) groups is 1. The number of nitrogens with one attached hydrogen (secondary N) is 1. The molecule has 1 aromatic carbocycles. The van der Waals surface area contributed by atoms with E-state index >= 15 is 0 Å². The number of aromatic nitrogens is 2. The molecule has 2 aromatic heterocycles. The highest BCUT2D eigenvalue weighted by Gasteiger charge is 2.13. The molecule has 0 fully saturated rings. The lowest BCUT2D eigenvalue weighted by Gasteiger charge is -2.10. The summed E-state index contributed by atoms with van der Waals surface area (Å²) in [6.45, 7) is 4.46. The van der Waals surface area contributed by atoms with Crippen LogP contribution in [0.3, 0.4) is 0 Å². The zero-order chi connectivity index (χ0) is 19.2. The van der Waals surface area contributed by atoms with Crippen molar-refractivity contribution in [2.45, 2.75) is 18.2 Å². The van der Waals surface area contributed by atoms with Gasteiger partial charge in [-0.1, -0.05) is 30.0 Å². The first kappa shape index (κ1) is 19.2. The fourth-order valence-electron chi connectivity index (χ4n) is 2.49. The molecule has 0 bridgehead atoms. The van der Waals surface area contributed by atoms with Gasteiger partial charge in [0, 0.05) is 13.1 Å². The van der Waals surface area contributed by atoms with Gasteiger partial charge in [-0.25, -0.2) is 4.98 Å². The molecular formula is C19H19N3O3S2. The minimum Gasteiger partial charge on any atom is -0.497 e. The predicted octanol–water partition coefficient (Wildman–Crippen LogP) is 3.06. The highest BCUT2D eigenvalue weighted by atomic mass is 32.2. The zero-order valence-electron chi connectivity index (χ0n) is 14.8. The van der Waals surface area contributed by atoms with Crippen LogP contribution < -0.4 is 15.6 Å². The molecule has 8 heteroatoms. The molecule has 0 spiro atoms. The van der Waals surface area contributed by atoms with Crippen molar-refractivity contribution >= 4 is 39.2 Å². The quantitative estimate of drug-likeness (QED) is 0.357. The van der Waals surface area contributed by atoms with Crippen molar-refractivity contribution in [3.63, 3.8) is 0 Å². The predicted molar refractivity (Wildman–Crippen MR) is 110 cm³/mol. The standard InChI is InChI=1S/C19H19N3O3S2/c1-3-8-22-18(24)17-15(7-9-26-17)21-19(22)27-12-16(23)20-11-13-5-4-6-14(10-13)25-2/h3-7,9-10H,1,8,11-12H2,2H3,(H,20,23). The van der Waals surface area contributed by atoms with Gasteiger partial charge in [0.25, 0.3) is 5.56 Å². The molecule has 0 atom stereocenters. The Morgan fingerprint density at radius 3 is 3.07 bits per heavy atom. The molecule has 0 aliphatic heterocycles. The largest absolute Gasteiger partial charge is 0.497 e. The molecule has 1 amide bonds. The highest BCUT2D eigenvalue weighted by Crippen LogP contribution is 2.21. The summed E-state index contributed by atoms with van der Waals surface area (Å²) in [6, 6.07) is 9.34. The Morgan fingerprint density at radius 2 is 2.30 bits per heavy atom. The summed E-state index contributed by atoms with van der Waals surface area (Å²) >= 11 is 2.61. The molecule has 0 aliphatic carbocycles. The number of carbonyl (C=O) groups excluding carboxylic acids is 1. The number of nitrogens with zero attached hydrogens (tertiary/aromatic N) is 2. The summed E-state index contributed by atoms with van der Waals surface area (Å²) in [6.07, 6.45) is 1.65. The average molecular weight is 402 g/mol. The van der Waals surface area contributed by atoms with Crippen molar-refractivity contribution in [2.24, 2.45) is 0 Å². The Kier molecular flexibility index (Phi) is 6.31. The van der Waals surface area contributed by atoms with Crippen molar-refractivity contribution < 1.29 is 9.53 Å². The number of methoxy groups -OCH3 is 1. The second kappa shape index (κ2) is 8.88. The molecule has 0 saturated heterocycles. The van der Waals surface area contributed by atoms with Gasteiger partial charge in [0.1, 0.15) is 10.4 Å². The van der Waals surface area contributed by atoms with Gasteiger partial charge in [0.15, 0.2) is 5.16 Å². The lowest BCUT2D eigenvalue weighted by molar-refractivity contribution is -0.118. The molecule has 3 rings (SSSR count). The van der Waals surface area contributed by atoms with Crippen molar-refractivity contribution in [1.29, 1.82) is 0 Å². The number of benzene rings is 1. The first-order valence-corrected chi connectivity index (χ1v) is 10.1. The van der Waals surface area contributed by atoms with Gasteiger partial charge in [-0.2, -0.15) is 0 Å². The molecule has 0 unspecified atom stereocenters. The second-order valence-electron chi connectivity index (χ2n) is 5.65. The zero-order valence-corrected chi connectivity index (χ0v) is 16.4. The van der Waals surface area contributed by atoms with Crippen molar-refractivity contribution in [1.82, 2.24) is 14.9 Å². The normalized spacial score (nSPS) is 10.7. The van der Waals surface area contributed by atoms with Crippen LogP contribution in [0.4, 0.5) is 0 Å². The Bertz CT molecular complexity index is 1030. The van der Waals surface area contributed by atoms with Crippen molar-refractivity contribution in [3.05, 3.63) is 64.3 Å². The third-order valence-electron chi connectivity index (χ3n) is 3.80. The maximum atomic E-state index is 12.6. The number of amides is 1. The van der Waals surface area contributed by atoms with Crippen molar-refractivity contribution in [2.75, 3.05) is 12.9 Å². The summed E-state index contributed by atoms with van der Waals surface area (Å²) in [5, 5.41) is 5.23. The van der Waals surface area contributed by atoms with E-state index in [0.717, 1.165) is 11.3 Å². The molecule has 0 saturated carbocycles. The van der Waals surface area contributed by atoms with Gasteiger partial charge in [0.05, 0.1) is 18.4 Å². The lowest BCUT2D eigenvalue weighted by atomic mass is 10.2. The van der Waals surface area contributed by atoms with E-state index in [0.29, 0.717) is 28.5 Å². The van der Waals surface area contributed by atoms with Crippen LogP contribution in [-0.2, 0) is 17.9 Å². The second-order valence-corrected chi connectivity index (χ2v) is 7.51. The number of rotatable bonds is 8. The molecule has 1 N–H and O–H groups in total. The van der Waals surface area contributed by atoms with E-state index in [-0.39, 0.29) is 17.2 Å². The van der Waals surface area contributed by atoms with Gasteiger partial charge >= 0.3 is 0 Å². The maximum Gasteiger partial charge on any atom is 0.272 e. The van der Waals surface area contributed by atoms with E-state index in [1.54, 1.807) is 17.8 Å². The van der Waals surface area contributed by atoms with Crippen molar-refractivity contribution in [3.8, 4) is 5.75 Å². The summed E-state index contributed by atoms with van der Waals surface area (Å²) in [7, 11) is 1.61. The van der Waals surface area contributed by atoms with Gasteiger partial charge in [-0.05, 0) is 29.1 Å². The Labute approximate surface area is 164 Å². The van der Waals surface area contributed by atoms with Crippen LogP contribution >= 0.6 is 23.1 Å². The van der Waals surface area contributed by atoms with Gasteiger partial charge in [-0.3, -0.25) is 14.2 Å². The molecule has 140 valence electrons. The van der Waals surface area contributed by atoms with E-state index in [9.17, 15) is 9.59 Å². The Hall–Kier alpha value is -2.58. The van der Waals surface area contributed by atoms with Crippen LogP contribution in [0.5, 0.6) is 5.75 Å². The number of thiophene rings is 1. The van der Waals surface area contributed by atoms with Crippen LogP contribution in [0.1, 0.15) is 5.56 Å². The minimum atomic E-state index is -0.132. The fourth-order valence-corrected chi connectivity index (χ4v) is 4.10. The van der Waals surface area contributed by atoms with E-state index in [2.05, 4.69) is 16.9 Å². The van der Waals surface area contributed by atoms with E-state index in [4.69, 9.17) is 4.74 Å². The molecular weight excluding hydrogens is 382 g/mol. The molecule has 0 aliphatic rings. The van der Waals surface area contributed by atoms with Crippen LogP contribution in [-0.4, -0.2) is 28.3 Å². The number of carbonyl (C=O) groups is 1. The monoisotopic (exact) mass is 401 g/mol. The van der Waals surface area contributed by atoms with Gasteiger partial charge in [-0.15, -0.1) is 17.9 Å². The molecule has 2 heterocycles. The number of fused-ring (bicyclic) bond motifs is 1. The highest BCUT2D eigenvalue weighted by molar-refractivity contribution is 7.99. The fraction of sp³-hybridized carbons (Fsp3) is 0.211. The molecule has 6 nitrogen and oxygen atoms in total. The topological polar surface area (TPSA) is 73.2 Å². The number of hydrogen-bond acceptors (Lipinski definition) is 6. The minimum absolute atomic E-state index is 0.103. The van der Waals surface area contributed by atoms with Crippen LogP contribution in [0.25, 0.3) is 10.2 Å². The van der Waals surface area contributed by atoms with E-state index < -0.39 is 0 Å². The number of allylic oxidation sites excluding steroid dienone is 1.